The lowest BCUT2D eigenvalue weighted by Crippen LogP contribution is -2.19. The molecule has 0 saturated carbocycles. The van der Waals surface area contributed by atoms with Gasteiger partial charge < -0.3 is 10.5 Å². The maximum atomic E-state index is 8.09. The van der Waals surface area contributed by atoms with E-state index in [1.807, 2.05) is 6.92 Å². The van der Waals surface area contributed by atoms with Crippen molar-refractivity contribution in [1.29, 1.82) is 0 Å². The Kier molecular flexibility index (Phi) is 6.82. The van der Waals surface area contributed by atoms with Gasteiger partial charge in [-0.1, -0.05) is 5.11 Å². The van der Waals surface area contributed by atoms with Gasteiger partial charge in [0.15, 0.2) is 0 Å². The van der Waals surface area contributed by atoms with Gasteiger partial charge in [-0.2, -0.15) is 0 Å². The second-order valence-corrected chi connectivity index (χ2v) is 2.08. The quantitative estimate of drug-likeness (QED) is 0.271. The van der Waals surface area contributed by atoms with Crippen LogP contribution in [0.4, 0.5) is 0 Å². The molecule has 0 spiro atoms. The van der Waals surface area contributed by atoms with Crippen LogP contribution in [-0.2, 0) is 4.74 Å². The van der Waals surface area contributed by atoms with Crippen molar-refractivity contribution in [2.24, 2.45) is 10.8 Å². The first-order chi connectivity index (χ1) is 5.35. The second kappa shape index (κ2) is 7.34. The third kappa shape index (κ3) is 5.66. The van der Waals surface area contributed by atoms with E-state index in [0.717, 1.165) is 0 Å². The third-order valence-corrected chi connectivity index (χ3v) is 1.29. The van der Waals surface area contributed by atoms with Gasteiger partial charge in [-0.15, -0.1) is 0 Å². The molecule has 0 radical (unpaired) electrons. The monoisotopic (exact) mass is 158 g/mol. The molecule has 11 heavy (non-hydrogen) atoms. The Morgan fingerprint density at radius 1 is 1.73 bits per heavy atom. The average Bonchev–Trinajstić information content (AvgIpc) is 2.03. The molecule has 0 bridgehead atoms. The van der Waals surface area contributed by atoms with Crippen LogP contribution >= 0.6 is 0 Å². The van der Waals surface area contributed by atoms with Crippen LogP contribution in [0.1, 0.15) is 13.3 Å². The normalized spacial score (nSPS) is 12.2. The Labute approximate surface area is 66.2 Å². The standard InChI is InChI=1S/C6H14N4O/c1-2-11-4-3-6(5-7)9-10-8/h6H,2-5,7H2,1H3/t6-/m0/s1. The molecule has 0 aliphatic carbocycles. The maximum Gasteiger partial charge on any atom is 0.0518 e. The number of hydrogen-bond acceptors (Lipinski definition) is 3. The molecular formula is C6H14N4O. The Morgan fingerprint density at radius 2 is 2.45 bits per heavy atom. The van der Waals surface area contributed by atoms with Crippen molar-refractivity contribution in [3.63, 3.8) is 0 Å². The lowest BCUT2D eigenvalue weighted by molar-refractivity contribution is 0.140. The fraction of sp³-hybridized carbons (Fsp3) is 1.00. The number of ether oxygens (including phenoxy) is 1. The summed E-state index contributed by atoms with van der Waals surface area (Å²) in [5, 5.41) is 3.49. The molecular weight excluding hydrogens is 144 g/mol. The summed E-state index contributed by atoms with van der Waals surface area (Å²) in [6.07, 6.45) is 0.703. The number of hydrogen-bond donors (Lipinski definition) is 1. The SMILES string of the molecule is CCOCC[C@@H](CN)N=[N+]=[N-]. The molecule has 0 amide bonds. The van der Waals surface area contributed by atoms with Gasteiger partial charge in [0, 0.05) is 24.7 Å². The molecule has 2 N–H and O–H groups in total. The number of nitrogens with zero attached hydrogens (tertiary/aromatic N) is 3. The van der Waals surface area contributed by atoms with Crippen molar-refractivity contribution in [2.45, 2.75) is 19.4 Å². The van der Waals surface area contributed by atoms with Gasteiger partial charge in [0.1, 0.15) is 0 Å². The van der Waals surface area contributed by atoms with E-state index in [-0.39, 0.29) is 6.04 Å². The van der Waals surface area contributed by atoms with Crippen LogP contribution < -0.4 is 5.73 Å². The molecule has 0 aromatic carbocycles. The summed E-state index contributed by atoms with van der Waals surface area (Å²) in [7, 11) is 0. The van der Waals surface area contributed by atoms with Crippen molar-refractivity contribution in [3.8, 4) is 0 Å². The smallest absolute Gasteiger partial charge is 0.0518 e. The van der Waals surface area contributed by atoms with Gasteiger partial charge in [-0.25, -0.2) is 0 Å². The maximum absolute atomic E-state index is 8.09. The van der Waals surface area contributed by atoms with Crippen LogP contribution in [0.5, 0.6) is 0 Å². The molecule has 5 heteroatoms. The molecule has 5 nitrogen and oxygen atoms in total. The number of azide groups is 1. The minimum atomic E-state index is -0.119. The molecule has 0 rings (SSSR count). The average molecular weight is 158 g/mol. The Morgan fingerprint density at radius 3 is 2.91 bits per heavy atom. The predicted octanol–water partition coefficient (Wildman–Crippen LogP) is 1.05. The summed E-state index contributed by atoms with van der Waals surface area (Å²) in [6.45, 7) is 3.60. The lowest BCUT2D eigenvalue weighted by Gasteiger charge is -2.06. The van der Waals surface area contributed by atoms with E-state index in [1.165, 1.54) is 0 Å². The van der Waals surface area contributed by atoms with Crippen LogP contribution in [0.3, 0.4) is 0 Å². The number of nitrogens with two attached hydrogens (primary N) is 1. The summed E-state index contributed by atoms with van der Waals surface area (Å²) in [4.78, 5) is 2.68. The van der Waals surface area contributed by atoms with E-state index in [4.69, 9.17) is 16.0 Å². The van der Waals surface area contributed by atoms with Crippen molar-refractivity contribution < 1.29 is 4.74 Å². The van der Waals surface area contributed by atoms with E-state index in [9.17, 15) is 0 Å². The first-order valence-corrected chi connectivity index (χ1v) is 3.67. The van der Waals surface area contributed by atoms with Gasteiger partial charge >= 0.3 is 0 Å². The topological polar surface area (TPSA) is 84.0 Å². The highest BCUT2D eigenvalue weighted by Crippen LogP contribution is 1.96. The van der Waals surface area contributed by atoms with Gasteiger partial charge in [-0.05, 0) is 18.9 Å². The molecule has 64 valence electrons. The van der Waals surface area contributed by atoms with Crippen molar-refractivity contribution >= 4 is 0 Å². The Balaban J connectivity index is 3.43. The van der Waals surface area contributed by atoms with Crippen molar-refractivity contribution in [3.05, 3.63) is 10.4 Å². The highest BCUT2D eigenvalue weighted by molar-refractivity contribution is 4.66. The van der Waals surface area contributed by atoms with Gasteiger partial charge in [0.05, 0.1) is 6.04 Å². The molecule has 0 fully saturated rings. The van der Waals surface area contributed by atoms with E-state index >= 15 is 0 Å². The fourth-order valence-electron chi connectivity index (χ4n) is 0.659. The summed E-state index contributed by atoms with van der Waals surface area (Å²) in [6, 6.07) is -0.119. The zero-order chi connectivity index (χ0) is 8.53. The zero-order valence-electron chi connectivity index (χ0n) is 6.73. The first-order valence-electron chi connectivity index (χ1n) is 3.67. The van der Waals surface area contributed by atoms with Crippen LogP contribution in [0, 0.1) is 0 Å². The highest BCUT2D eigenvalue weighted by Gasteiger charge is 2.01. The molecule has 0 aromatic rings. The van der Waals surface area contributed by atoms with Crippen LogP contribution in [0.25, 0.3) is 10.4 Å². The largest absolute Gasteiger partial charge is 0.382 e. The molecule has 1 atom stereocenters. The molecule has 0 aromatic heterocycles. The van der Waals surface area contributed by atoms with E-state index < -0.39 is 0 Å². The summed E-state index contributed by atoms with van der Waals surface area (Å²) < 4.78 is 5.07. The molecule has 0 saturated heterocycles. The zero-order valence-corrected chi connectivity index (χ0v) is 6.73. The van der Waals surface area contributed by atoms with E-state index in [0.29, 0.717) is 26.2 Å². The summed E-state index contributed by atoms with van der Waals surface area (Å²) >= 11 is 0. The van der Waals surface area contributed by atoms with Crippen LogP contribution in [-0.4, -0.2) is 25.8 Å². The fourth-order valence-corrected chi connectivity index (χ4v) is 0.659. The molecule has 0 aliphatic rings. The van der Waals surface area contributed by atoms with Gasteiger partial charge in [-0.3, -0.25) is 0 Å². The minimum Gasteiger partial charge on any atom is -0.382 e. The molecule has 0 unspecified atom stereocenters. The lowest BCUT2D eigenvalue weighted by atomic mass is 10.2. The van der Waals surface area contributed by atoms with Gasteiger partial charge in [0.25, 0.3) is 0 Å². The summed E-state index contributed by atoms with van der Waals surface area (Å²) in [5.74, 6) is 0. The van der Waals surface area contributed by atoms with E-state index in [1.54, 1.807) is 0 Å². The second-order valence-electron chi connectivity index (χ2n) is 2.08. The first kappa shape index (κ1) is 10.2. The predicted molar refractivity (Wildman–Crippen MR) is 43.1 cm³/mol. The highest BCUT2D eigenvalue weighted by atomic mass is 16.5. The molecule has 0 aliphatic heterocycles. The minimum absolute atomic E-state index is 0.119. The third-order valence-electron chi connectivity index (χ3n) is 1.29. The van der Waals surface area contributed by atoms with Crippen molar-refractivity contribution in [1.82, 2.24) is 0 Å². The van der Waals surface area contributed by atoms with Crippen LogP contribution in [0.2, 0.25) is 0 Å². The molecule has 0 heterocycles. The van der Waals surface area contributed by atoms with Crippen molar-refractivity contribution in [2.75, 3.05) is 19.8 Å². The van der Waals surface area contributed by atoms with Crippen LogP contribution in [0.15, 0.2) is 5.11 Å². The number of rotatable bonds is 6. The Hall–Kier alpha value is -0.770. The van der Waals surface area contributed by atoms with Gasteiger partial charge in [0.2, 0.25) is 0 Å². The Bertz CT molecular complexity index is 133. The van der Waals surface area contributed by atoms with E-state index in [2.05, 4.69) is 10.0 Å². The summed E-state index contributed by atoms with van der Waals surface area (Å²) in [5.41, 5.74) is 13.4.